The molecule has 1 aliphatic rings. The summed E-state index contributed by atoms with van der Waals surface area (Å²) >= 11 is 0. The zero-order chi connectivity index (χ0) is 11.0. The van der Waals surface area contributed by atoms with Crippen molar-refractivity contribution in [3.63, 3.8) is 0 Å². The lowest BCUT2D eigenvalue weighted by Crippen LogP contribution is -2.35. The highest BCUT2D eigenvalue weighted by Crippen LogP contribution is 2.21. The molecule has 1 fully saturated rings. The topological polar surface area (TPSA) is 43.7 Å². The van der Waals surface area contributed by atoms with Crippen molar-refractivity contribution in [3.05, 3.63) is 0 Å². The number of rotatable bonds is 3. The van der Waals surface area contributed by atoms with Gasteiger partial charge in [-0.2, -0.15) is 0 Å². The smallest absolute Gasteiger partial charge is 0.0591 e. The zero-order valence-electron chi connectivity index (χ0n) is 9.74. The lowest BCUT2D eigenvalue weighted by Gasteiger charge is -2.31. The van der Waals surface area contributed by atoms with Crippen LogP contribution in [-0.4, -0.2) is 48.0 Å². The minimum Gasteiger partial charge on any atom is -0.396 e. The summed E-state index contributed by atoms with van der Waals surface area (Å²) in [6.07, 6.45) is 2.38. The van der Waals surface area contributed by atoms with E-state index in [9.17, 15) is 5.11 Å². The van der Waals surface area contributed by atoms with Crippen molar-refractivity contribution in [3.8, 4) is 0 Å². The molecule has 0 aromatic carbocycles. The maximum Gasteiger partial charge on any atom is 0.0591 e. The van der Waals surface area contributed by atoms with Crippen LogP contribution in [0.25, 0.3) is 0 Å². The van der Waals surface area contributed by atoms with Crippen molar-refractivity contribution < 1.29 is 10.2 Å². The van der Waals surface area contributed by atoms with Crippen molar-refractivity contribution in [2.75, 3.05) is 26.7 Å². The SMILES string of the molecule is CC.CN1CCC(C(O)CCO)CC1. The molecule has 1 saturated heterocycles. The Balaban J connectivity index is 0.000000791. The van der Waals surface area contributed by atoms with Crippen LogP contribution < -0.4 is 0 Å². The Morgan fingerprint density at radius 1 is 1.29 bits per heavy atom. The highest BCUT2D eigenvalue weighted by atomic mass is 16.3. The molecule has 2 N–H and O–H groups in total. The predicted molar refractivity (Wildman–Crippen MR) is 59.3 cm³/mol. The van der Waals surface area contributed by atoms with Crippen LogP contribution in [0.5, 0.6) is 0 Å². The number of hydrogen-bond donors (Lipinski definition) is 2. The normalized spacial score (nSPS) is 21.2. The number of aliphatic hydroxyl groups is 2. The van der Waals surface area contributed by atoms with Gasteiger partial charge in [0.15, 0.2) is 0 Å². The van der Waals surface area contributed by atoms with E-state index < -0.39 is 0 Å². The van der Waals surface area contributed by atoms with Gasteiger partial charge in [0.2, 0.25) is 0 Å². The average Bonchev–Trinajstić information content (AvgIpc) is 2.22. The molecule has 0 aromatic rings. The van der Waals surface area contributed by atoms with Crippen LogP contribution in [-0.2, 0) is 0 Å². The molecule has 14 heavy (non-hydrogen) atoms. The summed E-state index contributed by atoms with van der Waals surface area (Å²) < 4.78 is 0. The Hall–Kier alpha value is -0.120. The number of piperidine rings is 1. The standard InChI is InChI=1S/C9H19NO2.C2H6/c1-10-5-2-8(3-6-10)9(12)4-7-11;1-2/h8-9,11-12H,2-7H2,1H3;1-2H3. The van der Waals surface area contributed by atoms with Gasteiger partial charge in [0.05, 0.1) is 6.10 Å². The number of aliphatic hydroxyl groups excluding tert-OH is 2. The summed E-state index contributed by atoms with van der Waals surface area (Å²) in [5.41, 5.74) is 0. The molecule has 0 aromatic heterocycles. The molecule has 0 spiro atoms. The quantitative estimate of drug-likeness (QED) is 0.722. The highest BCUT2D eigenvalue weighted by Gasteiger charge is 2.22. The van der Waals surface area contributed by atoms with E-state index in [1.807, 2.05) is 13.8 Å². The van der Waals surface area contributed by atoms with E-state index in [4.69, 9.17) is 5.11 Å². The lowest BCUT2D eigenvalue weighted by atomic mass is 9.90. The summed E-state index contributed by atoms with van der Waals surface area (Å²) in [4.78, 5) is 2.28. The maximum absolute atomic E-state index is 9.58. The Kier molecular flexibility index (Phi) is 8.14. The molecule has 1 aliphatic heterocycles. The average molecular weight is 203 g/mol. The van der Waals surface area contributed by atoms with E-state index in [0.29, 0.717) is 12.3 Å². The Bertz CT molecular complexity index is 122. The monoisotopic (exact) mass is 203 g/mol. The molecule has 1 heterocycles. The van der Waals surface area contributed by atoms with Crippen LogP contribution in [0.15, 0.2) is 0 Å². The minimum absolute atomic E-state index is 0.105. The zero-order valence-corrected chi connectivity index (χ0v) is 9.74. The second kappa shape index (κ2) is 8.21. The fourth-order valence-electron chi connectivity index (χ4n) is 1.78. The second-order valence-electron chi connectivity index (χ2n) is 3.72. The molecule has 1 atom stereocenters. The van der Waals surface area contributed by atoms with Gasteiger partial charge in [-0.05, 0) is 45.3 Å². The van der Waals surface area contributed by atoms with Crippen LogP contribution in [0.4, 0.5) is 0 Å². The lowest BCUT2D eigenvalue weighted by molar-refractivity contribution is 0.0467. The van der Waals surface area contributed by atoms with Crippen molar-refractivity contribution in [1.29, 1.82) is 0 Å². The molecular weight excluding hydrogens is 178 g/mol. The summed E-state index contributed by atoms with van der Waals surface area (Å²) in [5, 5.41) is 18.2. The van der Waals surface area contributed by atoms with Gasteiger partial charge in [0.25, 0.3) is 0 Å². The van der Waals surface area contributed by atoms with Gasteiger partial charge >= 0.3 is 0 Å². The van der Waals surface area contributed by atoms with E-state index in [1.165, 1.54) is 0 Å². The fraction of sp³-hybridized carbons (Fsp3) is 1.00. The van der Waals surface area contributed by atoms with Gasteiger partial charge in [-0.3, -0.25) is 0 Å². The Morgan fingerprint density at radius 2 is 1.79 bits per heavy atom. The van der Waals surface area contributed by atoms with Gasteiger partial charge < -0.3 is 15.1 Å². The van der Waals surface area contributed by atoms with Gasteiger partial charge in [0.1, 0.15) is 0 Å². The van der Waals surface area contributed by atoms with Gasteiger partial charge in [-0.25, -0.2) is 0 Å². The summed E-state index contributed by atoms with van der Waals surface area (Å²) in [5.74, 6) is 0.411. The van der Waals surface area contributed by atoms with E-state index in [-0.39, 0.29) is 12.7 Å². The van der Waals surface area contributed by atoms with Crippen molar-refractivity contribution in [2.24, 2.45) is 5.92 Å². The first-order valence-corrected chi connectivity index (χ1v) is 5.71. The molecule has 0 saturated carbocycles. The van der Waals surface area contributed by atoms with E-state index in [0.717, 1.165) is 25.9 Å². The molecular formula is C11H25NO2. The number of likely N-dealkylation sites (tertiary alicyclic amines) is 1. The third-order valence-electron chi connectivity index (χ3n) is 2.73. The molecule has 0 bridgehead atoms. The molecule has 0 radical (unpaired) electrons. The largest absolute Gasteiger partial charge is 0.396 e. The van der Waals surface area contributed by atoms with Crippen molar-refractivity contribution in [1.82, 2.24) is 4.90 Å². The Labute approximate surface area is 87.7 Å². The van der Waals surface area contributed by atoms with Crippen LogP contribution in [0.3, 0.4) is 0 Å². The van der Waals surface area contributed by atoms with Crippen molar-refractivity contribution in [2.45, 2.75) is 39.2 Å². The van der Waals surface area contributed by atoms with Crippen LogP contribution in [0.2, 0.25) is 0 Å². The Morgan fingerprint density at radius 3 is 2.21 bits per heavy atom. The summed E-state index contributed by atoms with van der Waals surface area (Å²) in [6.45, 7) is 6.26. The molecule has 0 aliphatic carbocycles. The van der Waals surface area contributed by atoms with Gasteiger partial charge in [-0.1, -0.05) is 13.8 Å². The first-order chi connectivity index (χ1) is 6.74. The van der Waals surface area contributed by atoms with Gasteiger partial charge in [-0.15, -0.1) is 0 Å². The van der Waals surface area contributed by atoms with E-state index >= 15 is 0 Å². The van der Waals surface area contributed by atoms with Crippen LogP contribution >= 0.6 is 0 Å². The fourth-order valence-corrected chi connectivity index (χ4v) is 1.78. The third-order valence-corrected chi connectivity index (χ3v) is 2.73. The summed E-state index contributed by atoms with van der Waals surface area (Å²) in [6, 6.07) is 0. The number of hydrogen-bond acceptors (Lipinski definition) is 3. The van der Waals surface area contributed by atoms with E-state index in [2.05, 4.69) is 11.9 Å². The van der Waals surface area contributed by atoms with Crippen molar-refractivity contribution >= 4 is 0 Å². The third kappa shape index (κ3) is 4.94. The highest BCUT2D eigenvalue weighted by molar-refractivity contribution is 4.75. The molecule has 3 heteroatoms. The molecule has 3 nitrogen and oxygen atoms in total. The molecule has 1 rings (SSSR count). The predicted octanol–water partition coefficient (Wildman–Crippen LogP) is 1.10. The minimum atomic E-state index is -0.288. The van der Waals surface area contributed by atoms with Crippen LogP contribution in [0.1, 0.15) is 33.1 Å². The maximum atomic E-state index is 9.58. The van der Waals surface area contributed by atoms with Crippen LogP contribution in [0, 0.1) is 5.92 Å². The summed E-state index contributed by atoms with van der Waals surface area (Å²) in [7, 11) is 2.11. The van der Waals surface area contributed by atoms with Gasteiger partial charge in [0, 0.05) is 6.61 Å². The first-order valence-electron chi connectivity index (χ1n) is 5.71. The molecule has 1 unspecified atom stereocenters. The number of nitrogens with zero attached hydrogens (tertiary/aromatic N) is 1. The van der Waals surface area contributed by atoms with E-state index in [1.54, 1.807) is 0 Å². The second-order valence-corrected chi connectivity index (χ2v) is 3.72. The molecule has 86 valence electrons. The first kappa shape index (κ1) is 13.9. The molecule has 0 amide bonds.